The summed E-state index contributed by atoms with van der Waals surface area (Å²) in [5.74, 6) is -2.53. The number of ether oxygens (including phenoxy) is 2. The molecule has 12 heteroatoms. The highest BCUT2D eigenvalue weighted by molar-refractivity contribution is 5.80. The highest BCUT2D eigenvalue weighted by atomic mass is 19.4. The number of alkyl carbamates (subject to hydrolysis) is 1. The smallest absolute Gasteiger partial charge is 0.416 e. The molecule has 0 saturated heterocycles. The second-order valence-corrected chi connectivity index (χ2v) is 6.94. The lowest BCUT2D eigenvalue weighted by Crippen LogP contribution is -2.45. The zero-order valence-corrected chi connectivity index (χ0v) is 15.8. The summed E-state index contributed by atoms with van der Waals surface area (Å²) in [5, 5.41) is 11.1. The van der Waals surface area contributed by atoms with Crippen molar-refractivity contribution in [2.75, 3.05) is 7.11 Å². The van der Waals surface area contributed by atoms with E-state index in [9.17, 15) is 41.0 Å². The van der Waals surface area contributed by atoms with Crippen LogP contribution in [0.1, 0.15) is 37.5 Å². The lowest BCUT2D eigenvalue weighted by molar-refractivity contribution is -0.144. The van der Waals surface area contributed by atoms with Crippen molar-refractivity contribution in [2.45, 2.75) is 51.2 Å². The van der Waals surface area contributed by atoms with E-state index >= 15 is 0 Å². The maximum atomic E-state index is 13.4. The van der Waals surface area contributed by atoms with Crippen molar-refractivity contribution in [1.29, 1.82) is 0 Å². The molecule has 0 bridgehead atoms. The predicted molar refractivity (Wildman–Crippen MR) is 87.5 cm³/mol. The Hall–Kier alpha value is -2.66. The van der Waals surface area contributed by atoms with Gasteiger partial charge < -0.3 is 19.9 Å². The molecule has 0 radical (unpaired) electrons. The van der Waals surface area contributed by atoms with Gasteiger partial charge >= 0.3 is 24.4 Å². The Morgan fingerprint density at radius 2 is 1.62 bits per heavy atom. The van der Waals surface area contributed by atoms with Crippen LogP contribution in [0, 0.1) is 0 Å². The number of rotatable bonds is 5. The maximum absolute atomic E-state index is 13.4. The van der Waals surface area contributed by atoms with Gasteiger partial charge in [-0.1, -0.05) is 0 Å². The number of halogens is 6. The van der Waals surface area contributed by atoms with Gasteiger partial charge in [-0.25, -0.2) is 9.59 Å². The van der Waals surface area contributed by atoms with E-state index in [1.165, 1.54) is 20.8 Å². The third-order valence-electron chi connectivity index (χ3n) is 3.46. The van der Waals surface area contributed by atoms with Gasteiger partial charge in [-0.05, 0) is 32.9 Å². The second kappa shape index (κ2) is 8.37. The van der Waals surface area contributed by atoms with Crippen LogP contribution in [0.15, 0.2) is 12.1 Å². The second-order valence-electron chi connectivity index (χ2n) is 6.94. The fourth-order valence-electron chi connectivity index (χ4n) is 2.31. The fourth-order valence-corrected chi connectivity index (χ4v) is 2.31. The summed E-state index contributed by atoms with van der Waals surface area (Å²) in [6.07, 6.45) is -12.5. The van der Waals surface area contributed by atoms with Crippen molar-refractivity contribution in [1.82, 2.24) is 5.32 Å². The maximum Gasteiger partial charge on any atom is 0.416 e. The molecule has 0 spiro atoms. The third kappa shape index (κ3) is 7.02. The molecule has 0 aliphatic rings. The molecular weight excluding hydrogens is 412 g/mol. The molecule has 0 heterocycles. The summed E-state index contributed by atoms with van der Waals surface area (Å²) in [4.78, 5) is 23.2. The largest absolute Gasteiger partial charge is 0.496 e. The Labute approximate surface area is 161 Å². The van der Waals surface area contributed by atoms with Gasteiger partial charge in [0.15, 0.2) is 0 Å². The number of benzene rings is 1. The Kier molecular flexibility index (Phi) is 7.04. The van der Waals surface area contributed by atoms with Crippen LogP contribution < -0.4 is 10.1 Å². The molecule has 1 aromatic carbocycles. The van der Waals surface area contributed by atoms with E-state index in [1.54, 1.807) is 0 Å². The SMILES string of the molecule is COc1cc(C(F)(F)F)cc(C(F)(F)F)c1CC(NC(=O)OC(C)(C)C)C(=O)O. The molecular formula is C17H19F6NO5. The Bertz CT molecular complexity index is 767. The Morgan fingerprint density at radius 1 is 1.07 bits per heavy atom. The van der Waals surface area contributed by atoms with Crippen LogP contribution in [-0.2, 0) is 28.3 Å². The van der Waals surface area contributed by atoms with Crippen LogP contribution in [0.3, 0.4) is 0 Å². The van der Waals surface area contributed by atoms with Crippen molar-refractivity contribution < 1.29 is 50.5 Å². The number of amides is 1. The van der Waals surface area contributed by atoms with E-state index in [0.29, 0.717) is 6.07 Å². The van der Waals surface area contributed by atoms with E-state index in [2.05, 4.69) is 4.74 Å². The van der Waals surface area contributed by atoms with Crippen molar-refractivity contribution in [3.8, 4) is 5.75 Å². The summed E-state index contributed by atoms with van der Waals surface area (Å²) in [6.45, 7) is 4.43. The van der Waals surface area contributed by atoms with Gasteiger partial charge in [-0.3, -0.25) is 0 Å². The summed E-state index contributed by atoms with van der Waals surface area (Å²) >= 11 is 0. The van der Waals surface area contributed by atoms with E-state index < -0.39 is 64.9 Å². The zero-order chi connectivity index (χ0) is 22.8. The van der Waals surface area contributed by atoms with Crippen LogP contribution in [0.5, 0.6) is 5.75 Å². The number of hydrogen-bond donors (Lipinski definition) is 2. The normalized spacial score (nSPS) is 13.6. The van der Waals surface area contributed by atoms with Gasteiger partial charge in [0.1, 0.15) is 17.4 Å². The van der Waals surface area contributed by atoms with Crippen molar-refractivity contribution in [3.63, 3.8) is 0 Å². The van der Waals surface area contributed by atoms with Gasteiger partial charge in [0, 0.05) is 12.0 Å². The number of carboxylic acids is 1. The van der Waals surface area contributed by atoms with Crippen molar-refractivity contribution >= 4 is 12.1 Å². The number of carboxylic acid groups (broad SMARTS) is 1. The summed E-state index contributed by atoms with van der Waals surface area (Å²) < 4.78 is 88.5. The number of alkyl halides is 6. The van der Waals surface area contributed by atoms with Crippen molar-refractivity contribution in [3.05, 3.63) is 28.8 Å². The monoisotopic (exact) mass is 431 g/mol. The van der Waals surface area contributed by atoms with E-state index in [-0.39, 0.29) is 6.07 Å². The molecule has 164 valence electrons. The van der Waals surface area contributed by atoms with E-state index in [4.69, 9.17) is 4.74 Å². The Morgan fingerprint density at radius 3 is 2.00 bits per heavy atom. The quantitative estimate of drug-likeness (QED) is 0.681. The lowest BCUT2D eigenvalue weighted by atomic mass is 9.96. The highest BCUT2D eigenvalue weighted by Crippen LogP contribution is 2.41. The first-order chi connectivity index (χ1) is 13.0. The summed E-state index contributed by atoms with van der Waals surface area (Å²) in [6, 6.07) is -1.72. The van der Waals surface area contributed by atoms with Crippen LogP contribution in [0.4, 0.5) is 31.1 Å². The topological polar surface area (TPSA) is 84.9 Å². The van der Waals surface area contributed by atoms with E-state index in [0.717, 1.165) is 7.11 Å². The molecule has 0 aromatic heterocycles. The van der Waals surface area contributed by atoms with Gasteiger partial charge in [-0.2, -0.15) is 26.3 Å². The number of hydrogen-bond acceptors (Lipinski definition) is 4. The zero-order valence-electron chi connectivity index (χ0n) is 15.8. The first-order valence-electron chi connectivity index (χ1n) is 8.03. The number of carbonyl (C=O) groups is 2. The molecule has 0 aliphatic heterocycles. The highest BCUT2D eigenvalue weighted by Gasteiger charge is 2.41. The average molecular weight is 431 g/mol. The molecule has 29 heavy (non-hydrogen) atoms. The molecule has 0 saturated carbocycles. The van der Waals surface area contributed by atoms with Gasteiger partial charge in [0.25, 0.3) is 0 Å². The van der Waals surface area contributed by atoms with Gasteiger partial charge in [0.05, 0.1) is 18.2 Å². The average Bonchev–Trinajstić information content (AvgIpc) is 2.49. The summed E-state index contributed by atoms with van der Waals surface area (Å²) in [7, 11) is 0.843. The minimum Gasteiger partial charge on any atom is -0.496 e. The Balaban J connectivity index is 3.42. The molecule has 1 aromatic rings. The third-order valence-corrected chi connectivity index (χ3v) is 3.46. The number of methoxy groups -OCH3 is 1. The molecule has 6 nitrogen and oxygen atoms in total. The molecule has 0 aliphatic carbocycles. The number of aliphatic carboxylic acids is 1. The number of nitrogens with one attached hydrogen (secondary N) is 1. The lowest BCUT2D eigenvalue weighted by Gasteiger charge is -2.24. The van der Waals surface area contributed by atoms with Gasteiger partial charge in [0.2, 0.25) is 0 Å². The summed E-state index contributed by atoms with van der Waals surface area (Å²) in [5.41, 5.74) is -5.20. The van der Waals surface area contributed by atoms with E-state index in [1.807, 2.05) is 5.32 Å². The van der Waals surface area contributed by atoms with Crippen molar-refractivity contribution in [2.24, 2.45) is 0 Å². The minimum absolute atomic E-state index is 0.135. The molecule has 1 atom stereocenters. The molecule has 1 unspecified atom stereocenters. The van der Waals surface area contributed by atoms with Gasteiger partial charge in [-0.15, -0.1) is 0 Å². The molecule has 0 fully saturated rings. The standard InChI is InChI=1S/C17H19F6NO5/c1-15(2,3)29-14(27)24-11(13(25)26)7-9-10(17(21,22)23)5-8(16(18,19)20)6-12(9)28-4/h5-6,11H,7H2,1-4H3,(H,24,27)(H,25,26). The molecule has 2 N–H and O–H groups in total. The minimum atomic E-state index is -5.24. The fraction of sp³-hybridized carbons (Fsp3) is 0.529. The molecule has 1 rings (SSSR count). The van der Waals surface area contributed by atoms with Crippen LogP contribution in [0.25, 0.3) is 0 Å². The van der Waals surface area contributed by atoms with Crippen LogP contribution >= 0.6 is 0 Å². The first-order valence-corrected chi connectivity index (χ1v) is 8.03. The van der Waals surface area contributed by atoms with Crippen LogP contribution in [-0.4, -0.2) is 35.9 Å². The van der Waals surface area contributed by atoms with Crippen LogP contribution in [0.2, 0.25) is 0 Å². The first kappa shape index (κ1) is 24.4. The number of carbonyl (C=O) groups excluding carboxylic acids is 1. The predicted octanol–water partition coefficient (Wildman–Crippen LogP) is 4.25. The molecule has 1 amide bonds.